The summed E-state index contributed by atoms with van der Waals surface area (Å²) >= 11 is 1.94. The molecule has 44 heavy (non-hydrogen) atoms. The van der Waals surface area contributed by atoms with Crippen molar-refractivity contribution in [2.45, 2.75) is 29.7 Å². The van der Waals surface area contributed by atoms with E-state index in [0.29, 0.717) is 21.2 Å². The molecule has 2 aliphatic rings. The van der Waals surface area contributed by atoms with Gasteiger partial charge >= 0.3 is 4.87 Å². The summed E-state index contributed by atoms with van der Waals surface area (Å²) in [6, 6.07) is 18.5. The van der Waals surface area contributed by atoms with E-state index in [4.69, 9.17) is 4.74 Å². The number of fused-ring (bicyclic) bond motifs is 2. The van der Waals surface area contributed by atoms with Crippen molar-refractivity contribution in [3.05, 3.63) is 103 Å². The monoisotopic (exact) mass is 632 g/mol. The van der Waals surface area contributed by atoms with Crippen LogP contribution in [0.2, 0.25) is 0 Å². The third-order valence-electron chi connectivity index (χ3n) is 7.37. The minimum absolute atomic E-state index is 0.109. The van der Waals surface area contributed by atoms with Gasteiger partial charge in [0.2, 0.25) is 17.7 Å². The van der Waals surface area contributed by atoms with Gasteiger partial charge in [-0.15, -0.1) is 0 Å². The highest BCUT2D eigenvalue weighted by Gasteiger charge is 2.57. The van der Waals surface area contributed by atoms with Gasteiger partial charge in [0, 0.05) is 28.6 Å². The number of amides is 3. The molecule has 12 nitrogen and oxygen atoms in total. The number of aromatic hydroxyl groups is 1. The van der Waals surface area contributed by atoms with Gasteiger partial charge in [-0.05, 0) is 48.9 Å². The van der Waals surface area contributed by atoms with E-state index >= 15 is 0 Å². The minimum Gasteiger partial charge on any atom is -0.504 e. The van der Waals surface area contributed by atoms with Gasteiger partial charge < -0.3 is 15.2 Å². The SMILES string of the molecule is CCOc1cc([C@@H]2c3sc(=O)n(CC(=O)Nc4ccccc4)c3SC3C(=O)N(c4ccc([N+](=O)[O-])cc4)C(=O)C32)ccc1O. The predicted octanol–water partition coefficient (Wildman–Crippen LogP) is 4.36. The van der Waals surface area contributed by atoms with E-state index in [1.807, 2.05) is 6.07 Å². The summed E-state index contributed by atoms with van der Waals surface area (Å²) in [4.78, 5) is 65.9. The van der Waals surface area contributed by atoms with Crippen molar-refractivity contribution in [1.82, 2.24) is 4.57 Å². The minimum atomic E-state index is -0.961. The lowest BCUT2D eigenvalue weighted by Crippen LogP contribution is -2.33. The summed E-state index contributed by atoms with van der Waals surface area (Å²) in [6.07, 6.45) is 0. The van der Waals surface area contributed by atoms with Crippen LogP contribution in [0.25, 0.3) is 0 Å². The quantitative estimate of drug-likeness (QED) is 0.163. The molecule has 2 aliphatic heterocycles. The Labute approximate surface area is 258 Å². The van der Waals surface area contributed by atoms with Gasteiger partial charge in [0.15, 0.2) is 11.5 Å². The van der Waals surface area contributed by atoms with Crippen molar-refractivity contribution in [2.75, 3.05) is 16.8 Å². The van der Waals surface area contributed by atoms with Crippen LogP contribution < -0.4 is 19.8 Å². The number of hydrogen-bond donors (Lipinski definition) is 2. The second-order valence-electron chi connectivity index (χ2n) is 10.0. The van der Waals surface area contributed by atoms with Crippen LogP contribution in [-0.2, 0) is 20.9 Å². The van der Waals surface area contributed by atoms with E-state index in [2.05, 4.69) is 5.32 Å². The van der Waals surface area contributed by atoms with Gasteiger partial charge in [0.05, 0.1) is 28.2 Å². The number of thioether (sulfide) groups is 1. The Morgan fingerprint density at radius 3 is 2.45 bits per heavy atom. The fraction of sp³-hybridized carbons (Fsp3) is 0.200. The van der Waals surface area contributed by atoms with E-state index in [0.717, 1.165) is 28.0 Å². The molecule has 2 unspecified atom stereocenters. The molecule has 0 spiro atoms. The molecule has 0 radical (unpaired) electrons. The number of carbonyl (C=O) groups excluding carboxylic acids is 3. The van der Waals surface area contributed by atoms with Crippen LogP contribution >= 0.6 is 23.1 Å². The number of nitrogens with one attached hydrogen (secondary N) is 1. The Morgan fingerprint density at radius 1 is 1.05 bits per heavy atom. The normalized spacial score (nSPS) is 18.9. The third-order valence-corrected chi connectivity index (χ3v) is 9.97. The summed E-state index contributed by atoms with van der Waals surface area (Å²) in [7, 11) is 0. The van der Waals surface area contributed by atoms with Gasteiger partial charge in [-0.1, -0.05) is 47.4 Å². The molecule has 2 N–H and O–H groups in total. The number of phenols is 1. The van der Waals surface area contributed by atoms with Gasteiger partial charge in [-0.25, -0.2) is 4.90 Å². The van der Waals surface area contributed by atoms with Crippen LogP contribution in [0.4, 0.5) is 17.1 Å². The van der Waals surface area contributed by atoms with Crippen molar-refractivity contribution < 1.29 is 29.2 Å². The Bertz CT molecular complexity index is 1850. The van der Waals surface area contributed by atoms with Crippen LogP contribution in [0.5, 0.6) is 11.5 Å². The van der Waals surface area contributed by atoms with E-state index in [-0.39, 0.29) is 36.0 Å². The topological polar surface area (TPSA) is 161 Å². The second kappa shape index (κ2) is 11.6. The van der Waals surface area contributed by atoms with E-state index < -0.39 is 44.6 Å². The number of hydrogen-bond acceptors (Lipinski definition) is 10. The fourth-order valence-electron chi connectivity index (χ4n) is 5.45. The number of nitro groups is 1. The van der Waals surface area contributed by atoms with Gasteiger partial charge in [0.25, 0.3) is 5.69 Å². The molecule has 3 heterocycles. The number of phenolic OH excluding ortho intramolecular Hbond substituents is 1. The second-order valence-corrected chi connectivity index (χ2v) is 12.1. The lowest BCUT2D eigenvalue weighted by atomic mass is 9.83. The molecule has 1 fully saturated rings. The van der Waals surface area contributed by atoms with E-state index in [1.54, 1.807) is 43.3 Å². The number of benzene rings is 3. The summed E-state index contributed by atoms with van der Waals surface area (Å²) in [6.45, 7) is 1.70. The number of carbonyl (C=O) groups is 3. The Kier molecular flexibility index (Phi) is 7.69. The van der Waals surface area contributed by atoms with Crippen molar-refractivity contribution in [2.24, 2.45) is 5.92 Å². The predicted molar refractivity (Wildman–Crippen MR) is 163 cm³/mol. The molecule has 6 rings (SSSR count). The molecule has 1 saturated heterocycles. The Morgan fingerprint density at radius 2 is 1.77 bits per heavy atom. The molecular formula is C30H24N4O8S2. The standard InChI is InChI=1S/C30H24N4O8S2/c1-2-42-21-14-16(8-13-20(21)35)23-24-25(28(38)33(27(24)37)18-9-11-19(12-10-18)34(40)41)43-29-26(23)44-30(39)32(29)15-22(36)31-17-6-4-3-5-7-17/h3-14,23-25,35H,2,15H2,1H3,(H,31,36)/t23-,24?,25?/m0/s1. The Hall–Kier alpha value is -4.95. The van der Waals surface area contributed by atoms with Crippen molar-refractivity contribution in [3.8, 4) is 11.5 Å². The van der Waals surface area contributed by atoms with Crippen molar-refractivity contribution >= 4 is 57.9 Å². The highest BCUT2D eigenvalue weighted by Crippen LogP contribution is 2.54. The molecular weight excluding hydrogens is 608 g/mol. The number of thiazole rings is 1. The van der Waals surface area contributed by atoms with Crippen molar-refractivity contribution in [1.29, 1.82) is 0 Å². The number of nitrogens with zero attached hydrogens (tertiary/aromatic N) is 3. The first-order valence-electron chi connectivity index (χ1n) is 13.5. The maximum Gasteiger partial charge on any atom is 0.308 e. The number of ether oxygens (including phenoxy) is 1. The molecule has 0 saturated carbocycles. The third kappa shape index (κ3) is 5.11. The molecule has 3 aromatic carbocycles. The summed E-state index contributed by atoms with van der Waals surface area (Å²) in [5.74, 6) is -3.18. The van der Waals surface area contributed by atoms with Crippen LogP contribution in [0.1, 0.15) is 23.3 Å². The van der Waals surface area contributed by atoms with Crippen LogP contribution in [0.3, 0.4) is 0 Å². The first kappa shape index (κ1) is 29.1. The molecule has 3 amide bonds. The number of nitro benzene ring substituents is 1. The number of imide groups is 1. The van der Waals surface area contributed by atoms with Gasteiger partial charge in [0.1, 0.15) is 11.8 Å². The number of anilines is 2. The van der Waals surface area contributed by atoms with E-state index in [1.165, 1.54) is 34.9 Å². The maximum atomic E-state index is 14.0. The maximum absolute atomic E-state index is 14.0. The molecule has 14 heteroatoms. The zero-order valence-electron chi connectivity index (χ0n) is 23.0. The van der Waals surface area contributed by atoms with Crippen LogP contribution in [0.15, 0.2) is 82.6 Å². The highest BCUT2D eigenvalue weighted by atomic mass is 32.2. The number of non-ortho nitro benzene ring substituents is 1. The zero-order valence-corrected chi connectivity index (χ0v) is 24.7. The van der Waals surface area contributed by atoms with Crippen molar-refractivity contribution in [3.63, 3.8) is 0 Å². The lowest BCUT2D eigenvalue weighted by Gasteiger charge is -2.31. The Balaban J connectivity index is 1.43. The average Bonchev–Trinajstić information content (AvgIpc) is 3.45. The molecule has 4 aromatic rings. The molecule has 224 valence electrons. The zero-order chi connectivity index (χ0) is 31.1. The molecule has 1 aromatic heterocycles. The van der Waals surface area contributed by atoms with Gasteiger partial charge in [-0.2, -0.15) is 0 Å². The number of para-hydroxylation sites is 1. The molecule has 3 atom stereocenters. The van der Waals surface area contributed by atoms with Crippen LogP contribution in [-0.4, -0.2) is 44.2 Å². The average molecular weight is 633 g/mol. The largest absolute Gasteiger partial charge is 0.504 e. The fourth-order valence-corrected chi connectivity index (χ4v) is 8.23. The number of rotatable bonds is 8. The smallest absolute Gasteiger partial charge is 0.308 e. The molecule has 0 aliphatic carbocycles. The highest BCUT2D eigenvalue weighted by molar-refractivity contribution is 8.00. The first-order valence-corrected chi connectivity index (χ1v) is 15.2. The number of aromatic nitrogens is 1. The van der Waals surface area contributed by atoms with Gasteiger partial charge in [-0.3, -0.25) is 33.9 Å². The lowest BCUT2D eigenvalue weighted by molar-refractivity contribution is -0.384. The summed E-state index contributed by atoms with van der Waals surface area (Å²) < 4.78 is 6.89. The first-order chi connectivity index (χ1) is 21.2. The summed E-state index contributed by atoms with van der Waals surface area (Å²) in [5, 5.41) is 23.7. The van der Waals surface area contributed by atoms with E-state index in [9.17, 15) is 34.4 Å². The van der Waals surface area contributed by atoms with Crippen LogP contribution in [0, 0.1) is 16.0 Å². The summed E-state index contributed by atoms with van der Waals surface area (Å²) in [5.41, 5.74) is 1.09. The molecule has 0 bridgehead atoms.